The Morgan fingerprint density at radius 1 is 1.37 bits per heavy atom. The summed E-state index contributed by atoms with van der Waals surface area (Å²) in [5, 5.41) is 9.45. The smallest absolute Gasteiger partial charge is 0.178 e. The van der Waals surface area contributed by atoms with Gasteiger partial charge >= 0.3 is 0 Å². The molecule has 0 aliphatic carbocycles. The molecule has 0 radical (unpaired) electrons. The minimum absolute atomic E-state index is 0.000761. The van der Waals surface area contributed by atoms with Crippen LogP contribution in [0.5, 0.6) is 0 Å². The number of nitrogens with zero attached hydrogens (tertiary/aromatic N) is 1. The van der Waals surface area contributed by atoms with Gasteiger partial charge in [0.2, 0.25) is 0 Å². The van der Waals surface area contributed by atoms with Crippen molar-refractivity contribution in [1.82, 2.24) is 4.90 Å². The van der Waals surface area contributed by atoms with Crippen LogP contribution in [-0.4, -0.2) is 55.7 Å². The molecule has 1 rings (SSSR count). The largest absolute Gasteiger partial charge is 0.394 e. The van der Waals surface area contributed by atoms with Crippen molar-refractivity contribution in [3.8, 4) is 0 Å². The number of halogens is 2. The number of ether oxygens (including phenoxy) is 1. The van der Waals surface area contributed by atoms with Gasteiger partial charge in [-0.05, 0) is 25.2 Å². The Kier molecular flexibility index (Phi) is 7.34. The van der Waals surface area contributed by atoms with Gasteiger partial charge in [0, 0.05) is 17.1 Å². The second-order valence-corrected chi connectivity index (χ2v) is 4.96. The first-order chi connectivity index (χ1) is 9.04. The van der Waals surface area contributed by atoms with E-state index in [4.69, 9.17) is 33.0 Å². The number of hydrogen-bond donors (Lipinski definition) is 1. The molecule has 1 aromatic rings. The Morgan fingerprint density at radius 3 is 2.79 bits per heavy atom. The molecule has 0 saturated heterocycles. The molecule has 0 unspecified atom stereocenters. The fourth-order valence-corrected chi connectivity index (χ4v) is 1.90. The molecule has 106 valence electrons. The summed E-state index contributed by atoms with van der Waals surface area (Å²) >= 11 is 11.8. The lowest BCUT2D eigenvalue weighted by molar-refractivity contribution is 0.0739. The first kappa shape index (κ1) is 16.4. The fourth-order valence-electron chi connectivity index (χ4n) is 1.51. The third-order valence-corrected chi connectivity index (χ3v) is 3.06. The maximum absolute atomic E-state index is 12.1. The standard InChI is InChI=1S/C13H17Cl2NO3/c1-16(4-6-19-7-5-17)9-13(18)11-8-10(14)2-3-12(11)15/h2-3,8,17H,4-7,9H2,1H3. The highest BCUT2D eigenvalue weighted by Crippen LogP contribution is 2.21. The average molecular weight is 306 g/mol. The van der Waals surface area contributed by atoms with Crippen LogP contribution in [0.4, 0.5) is 0 Å². The predicted octanol–water partition coefficient (Wildman–Crippen LogP) is 2.12. The Balaban J connectivity index is 2.47. The first-order valence-corrected chi connectivity index (χ1v) is 6.65. The number of carbonyl (C=O) groups is 1. The zero-order valence-corrected chi connectivity index (χ0v) is 12.2. The summed E-state index contributed by atoms with van der Waals surface area (Å²) in [5.74, 6) is -0.0860. The minimum Gasteiger partial charge on any atom is -0.394 e. The number of benzene rings is 1. The summed E-state index contributed by atoms with van der Waals surface area (Å²) < 4.78 is 5.13. The van der Waals surface area contributed by atoms with Crippen molar-refractivity contribution in [3.05, 3.63) is 33.8 Å². The number of carbonyl (C=O) groups excluding carboxylic acids is 1. The fraction of sp³-hybridized carbons (Fsp3) is 0.462. The van der Waals surface area contributed by atoms with Crippen LogP contribution in [0.2, 0.25) is 10.0 Å². The molecule has 0 atom stereocenters. The van der Waals surface area contributed by atoms with Crippen molar-refractivity contribution in [2.45, 2.75) is 0 Å². The number of rotatable bonds is 8. The highest BCUT2D eigenvalue weighted by Gasteiger charge is 2.13. The zero-order chi connectivity index (χ0) is 14.3. The summed E-state index contributed by atoms with van der Waals surface area (Å²) in [7, 11) is 1.82. The van der Waals surface area contributed by atoms with E-state index >= 15 is 0 Å². The summed E-state index contributed by atoms with van der Waals surface area (Å²) in [6.45, 7) is 1.61. The van der Waals surface area contributed by atoms with Gasteiger partial charge in [-0.1, -0.05) is 23.2 Å². The van der Waals surface area contributed by atoms with Crippen molar-refractivity contribution < 1.29 is 14.6 Å². The molecule has 0 aromatic heterocycles. The van der Waals surface area contributed by atoms with Gasteiger partial charge in [-0.25, -0.2) is 0 Å². The van der Waals surface area contributed by atoms with E-state index < -0.39 is 0 Å². The van der Waals surface area contributed by atoms with Gasteiger partial charge in [0.25, 0.3) is 0 Å². The zero-order valence-electron chi connectivity index (χ0n) is 10.7. The lowest BCUT2D eigenvalue weighted by Crippen LogP contribution is -2.29. The molecule has 0 spiro atoms. The van der Waals surface area contributed by atoms with Crippen molar-refractivity contribution >= 4 is 29.0 Å². The van der Waals surface area contributed by atoms with Crippen LogP contribution in [0.15, 0.2) is 18.2 Å². The van der Waals surface area contributed by atoms with Crippen LogP contribution in [-0.2, 0) is 4.74 Å². The Bertz CT molecular complexity index is 426. The Labute approximate surface area is 122 Å². The molecular formula is C13H17Cl2NO3. The monoisotopic (exact) mass is 305 g/mol. The van der Waals surface area contributed by atoms with Gasteiger partial charge in [0.15, 0.2) is 5.78 Å². The van der Waals surface area contributed by atoms with E-state index in [2.05, 4.69) is 0 Å². The molecule has 0 heterocycles. The molecule has 0 fully saturated rings. The van der Waals surface area contributed by atoms with Crippen molar-refractivity contribution in [1.29, 1.82) is 0 Å². The summed E-state index contributed by atoms with van der Waals surface area (Å²) in [6, 6.07) is 4.83. The molecular weight excluding hydrogens is 289 g/mol. The normalized spacial score (nSPS) is 11.0. The van der Waals surface area contributed by atoms with Gasteiger partial charge in [0.05, 0.1) is 31.4 Å². The third kappa shape index (κ3) is 5.89. The SMILES string of the molecule is CN(CCOCCO)CC(=O)c1cc(Cl)ccc1Cl. The molecule has 1 N–H and O–H groups in total. The van der Waals surface area contributed by atoms with Crippen molar-refractivity contribution in [2.24, 2.45) is 0 Å². The Morgan fingerprint density at radius 2 is 2.11 bits per heavy atom. The van der Waals surface area contributed by atoms with Crippen LogP contribution in [0.1, 0.15) is 10.4 Å². The summed E-state index contributed by atoms with van der Waals surface area (Å²) in [5.41, 5.74) is 0.428. The summed E-state index contributed by atoms with van der Waals surface area (Å²) in [6.07, 6.45) is 0. The highest BCUT2D eigenvalue weighted by atomic mass is 35.5. The minimum atomic E-state index is -0.0860. The molecule has 4 nitrogen and oxygen atoms in total. The first-order valence-electron chi connectivity index (χ1n) is 5.90. The Hall–Kier alpha value is -0.650. The van der Waals surface area contributed by atoms with Gasteiger partial charge < -0.3 is 9.84 Å². The van der Waals surface area contributed by atoms with Crippen LogP contribution >= 0.6 is 23.2 Å². The number of ketones is 1. The average Bonchev–Trinajstić information content (AvgIpc) is 2.37. The van der Waals surface area contributed by atoms with E-state index in [-0.39, 0.29) is 18.9 Å². The van der Waals surface area contributed by atoms with Crippen LogP contribution in [0.25, 0.3) is 0 Å². The lowest BCUT2D eigenvalue weighted by atomic mass is 10.1. The molecule has 0 bridgehead atoms. The summed E-state index contributed by atoms with van der Waals surface area (Å²) in [4.78, 5) is 13.9. The van der Waals surface area contributed by atoms with E-state index in [1.807, 2.05) is 11.9 Å². The molecule has 19 heavy (non-hydrogen) atoms. The number of likely N-dealkylation sites (N-methyl/N-ethyl adjacent to an activating group) is 1. The van der Waals surface area contributed by atoms with Crippen molar-refractivity contribution in [3.63, 3.8) is 0 Å². The van der Waals surface area contributed by atoms with E-state index in [9.17, 15) is 4.79 Å². The maximum atomic E-state index is 12.1. The number of aliphatic hydroxyl groups is 1. The van der Waals surface area contributed by atoms with Gasteiger partial charge in [-0.15, -0.1) is 0 Å². The highest BCUT2D eigenvalue weighted by molar-refractivity contribution is 6.36. The van der Waals surface area contributed by atoms with E-state index in [1.165, 1.54) is 0 Å². The lowest BCUT2D eigenvalue weighted by Gasteiger charge is -2.16. The van der Waals surface area contributed by atoms with Gasteiger partial charge in [0.1, 0.15) is 0 Å². The number of hydrogen-bond acceptors (Lipinski definition) is 4. The van der Waals surface area contributed by atoms with Gasteiger partial charge in [-0.3, -0.25) is 9.69 Å². The number of Topliss-reactive ketones (excluding diaryl/α,β-unsaturated/α-hetero) is 1. The van der Waals surface area contributed by atoms with Crippen LogP contribution < -0.4 is 0 Å². The topological polar surface area (TPSA) is 49.8 Å². The molecule has 0 aliphatic heterocycles. The van der Waals surface area contributed by atoms with E-state index in [0.29, 0.717) is 35.4 Å². The van der Waals surface area contributed by atoms with Crippen molar-refractivity contribution in [2.75, 3.05) is 40.0 Å². The molecule has 6 heteroatoms. The van der Waals surface area contributed by atoms with Crippen LogP contribution in [0, 0.1) is 0 Å². The van der Waals surface area contributed by atoms with E-state index in [0.717, 1.165) is 0 Å². The molecule has 1 aromatic carbocycles. The quantitative estimate of drug-likeness (QED) is 0.590. The predicted molar refractivity (Wildman–Crippen MR) is 76.2 cm³/mol. The maximum Gasteiger partial charge on any atom is 0.178 e. The van der Waals surface area contributed by atoms with E-state index in [1.54, 1.807) is 18.2 Å². The molecule has 0 aliphatic rings. The van der Waals surface area contributed by atoms with Crippen LogP contribution in [0.3, 0.4) is 0 Å². The second kappa shape index (κ2) is 8.51. The van der Waals surface area contributed by atoms with Gasteiger partial charge in [-0.2, -0.15) is 0 Å². The third-order valence-electron chi connectivity index (χ3n) is 2.50. The number of aliphatic hydroxyl groups excluding tert-OH is 1. The second-order valence-electron chi connectivity index (χ2n) is 4.12. The molecule has 0 saturated carbocycles. The molecule has 0 amide bonds.